The lowest BCUT2D eigenvalue weighted by molar-refractivity contribution is -0.919. The molecule has 0 N–H and O–H groups in total. The molecule has 27 heavy (non-hydrogen) atoms. The highest BCUT2D eigenvalue weighted by molar-refractivity contribution is 5.89. The van der Waals surface area contributed by atoms with Gasteiger partial charge in [-0.25, -0.2) is 4.79 Å². The fourth-order valence-electron chi connectivity index (χ4n) is 3.26. The van der Waals surface area contributed by atoms with Crippen LogP contribution < -0.4 is 0 Å². The van der Waals surface area contributed by atoms with Crippen LogP contribution in [0, 0.1) is 0 Å². The number of carbonyl (C=O) groups is 1. The molecule has 0 aromatic heterocycles. The average molecular weight is 370 g/mol. The number of quaternary nitrogens is 1. The van der Waals surface area contributed by atoms with Crippen molar-refractivity contribution in [2.24, 2.45) is 0 Å². The molecule has 1 saturated heterocycles. The van der Waals surface area contributed by atoms with Crippen molar-refractivity contribution in [2.75, 3.05) is 46.5 Å². The average Bonchev–Trinajstić information content (AvgIpc) is 2.69. The standard InChI is InChI=1S/C22H28NO4/c1-23(12-14-25-15-13-23)16-21(18-26-17-19-8-4-2-5-9-19)27-22(24)20-10-6-3-7-11-20/h2-11,21H,12-18H2,1H3/q+1/t21-/m1/s1. The third-order valence-corrected chi connectivity index (χ3v) is 4.89. The fourth-order valence-corrected chi connectivity index (χ4v) is 3.26. The lowest BCUT2D eigenvalue weighted by atomic mass is 10.2. The summed E-state index contributed by atoms with van der Waals surface area (Å²) in [5.74, 6) is -0.302. The van der Waals surface area contributed by atoms with Crippen molar-refractivity contribution in [3.05, 3.63) is 71.8 Å². The second-order valence-corrected chi connectivity index (χ2v) is 7.26. The molecule has 1 aliphatic heterocycles. The van der Waals surface area contributed by atoms with Gasteiger partial charge < -0.3 is 18.7 Å². The zero-order valence-corrected chi connectivity index (χ0v) is 15.9. The minimum atomic E-state index is -0.302. The van der Waals surface area contributed by atoms with Crippen molar-refractivity contribution < 1.29 is 23.5 Å². The van der Waals surface area contributed by atoms with Gasteiger partial charge in [0, 0.05) is 0 Å². The number of benzene rings is 2. The van der Waals surface area contributed by atoms with E-state index in [-0.39, 0.29) is 12.1 Å². The van der Waals surface area contributed by atoms with Crippen LogP contribution in [0.2, 0.25) is 0 Å². The molecule has 1 aliphatic rings. The number of esters is 1. The first-order valence-corrected chi connectivity index (χ1v) is 9.44. The van der Waals surface area contributed by atoms with Crippen LogP contribution in [0.1, 0.15) is 15.9 Å². The first-order chi connectivity index (χ1) is 13.1. The van der Waals surface area contributed by atoms with E-state index < -0.39 is 0 Å². The molecule has 2 aromatic rings. The Morgan fingerprint density at radius 2 is 1.67 bits per heavy atom. The summed E-state index contributed by atoms with van der Waals surface area (Å²) < 4.78 is 18.0. The smallest absolute Gasteiger partial charge is 0.338 e. The Morgan fingerprint density at radius 1 is 1.04 bits per heavy atom. The summed E-state index contributed by atoms with van der Waals surface area (Å²) in [6.07, 6.45) is -0.301. The number of likely N-dealkylation sites (N-methyl/N-ethyl adjacent to an activating group) is 1. The molecule has 144 valence electrons. The van der Waals surface area contributed by atoms with Crippen LogP contribution >= 0.6 is 0 Å². The van der Waals surface area contributed by atoms with Gasteiger partial charge in [-0.1, -0.05) is 48.5 Å². The number of hydrogen-bond acceptors (Lipinski definition) is 4. The Morgan fingerprint density at radius 3 is 2.33 bits per heavy atom. The molecule has 1 heterocycles. The van der Waals surface area contributed by atoms with Crippen molar-refractivity contribution >= 4 is 5.97 Å². The molecule has 5 heteroatoms. The summed E-state index contributed by atoms with van der Waals surface area (Å²) in [5.41, 5.74) is 1.67. The fraction of sp³-hybridized carbons (Fsp3) is 0.409. The predicted molar refractivity (Wildman–Crippen MR) is 103 cm³/mol. The van der Waals surface area contributed by atoms with Crippen molar-refractivity contribution in [3.63, 3.8) is 0 Å². The quantitative estimate of drug-likeness (QED) is 0.529. The summed E-state index contributed by atoms with van der Waals surface area (Å²) >= 11 is 0. The molecular weight excluding hydrogens is 342 g/mol. The first kappa shape index (κ1) is 19.5. The number of hydrogen-bond donors (Lipinski definition) is 0. The molecule has 0 bridgehead atoms. The van der Waals surface area contributed by atoms with Gasteiger partial charge in [-0.2, -0.15) is 0 Å². The Hall–Kier alpha value is -2.21. The molecule has 3 rings (SSSR count). The summed E-state index contributed by atoms with van der Waals surface area (Å²) in [5, 5.41) is 0. The van der Waals surface area contributed by atoms with Gasteiger partial charge >= 0.3 is 5.97 Å². The largest absolute Gasteiger partial charge is 0.450 e. The first-order valence-electron chi connectivity index (χ1n) is 9.44. The van der Waals surface area contributed by atoms with E-state index in [9.17, 15) is 4.79 Å². The SMILES string of the molecule is C[N+]1(C[C@H](COCc2ccccc2)OC(=O)c2ccccc2)CCOCC1. The lowest BCUT2D eigenvalue weighted by Gasteiger charge is -2.39. The van der Waals surface area contributed by atoms with Crippen LogP contribution in [0.15, 0.2) is 60.7 Å². The third kappa shape index (κ3) is 6.17. The number of rotatable bonds is 8. The van der Waals surface area contributed by atoms with Gasteiger partial charge in [0.25, 0.3) is 0 Å². The van der Waals surface area contributed by atoms with E-state index in [4.69, 9.17) is 14.2 Å². The molecule has 1 atom stereocenters. The van der Waals surface area contributed by atoms with E-state index in [1.54, 1.807) is 12.1 Å². The zero-order valence-electron chi connectivity index (χ0n) is 15.9. The van der Waals surface area contributed by atoms with Crippen LogP contribution in [0.5, 0.6) is 0 Å². The predicted octanol–water partition coefficient (Wildman–Crippen LogP) is 2.91. The highest BCUT2D eigenvalue weighted by atomic mass is 16.6. The Labute approximate surface area is 161 Å². The van der Waals surface area contributed by atoms with Gasteiger partial charge in [-0.15, -0.1) is 0 Å². The van der Waals surface area contributed by atoms with Gasteiger partial charge in [-0.3, -0.25) is 0 Å². The molecule has 0 unspecified atom stereocenters. The topological polar surface area (TPSA) is 44.8 Å². The van der Waals surface area contributed by atoms with Gasteiger partial charge in [-0.05, 0) is 17.7 Å². The highest BCUT2D eigenvalue weighted by Crippen LogP contribution is 2.13. The minimum Gasteiger partial charge on any atom is -0.450 e. The zero-order chi connectivity index (χ0) is 19.0. The number of carbonyl (C=O) groups excluding carboxylic acids is 1. The monoisotopic (exact) mass is 370 g/mol. The van der Waals surface area contributed by atoms with Gasteiger partial charge in [0.15, 0.2) is 6.10 Å². The third-order valence-electron chi connectivity index (χ3n) is 4.89. The van der Waals surface area contributed by atoms with Crippen LogP contribution in [-0.2, 0) is 20.8 Å². The molecular formula is C22H28NO4+. The van der Waals surface area contributed by atoms with E-state index in [0.717, 1.165) is 42.9 Å². The maximum Gasteiger partial charge on any atom is 0.338 e. The maximum atomic E-state index is 12.5. The normalized spacial score (nSPS) is 17.2. The van der Waals surface area contributed by atoms with Crippen molar-refractivity contribution in [3.8, 4) is 0 Å². The van der Waals surface area contributed by atoms with Crippen molar-refractivity contribution in [1.29, 1.82) is 0 Å². The lowest BCUT2D eigenvalue weighted by Crippen LogP contribution is -2.56. The van der Waals surface area contributed by atoms with Crippen molar-refractivity contribution in [2.45, 2.75) is 12.7 Å². The Balaban J connectivity index is 1.61. The number of ether oxygens (including phenoxy) is 3. The highest BCUT2D eigenvalue weighted by Gasteiger charge is 2.31. The summed E-state index contributed by atoms with van der Waals surface area (Å²) in [4.78, 5) is 12.5. The van der Waals surface area contributed by atoms with Crippen LogP contribution in [0.25, 0.3) is 0 Å². The maximum absolute atomic E-state index is 12.5. The molecule has 5 nitrogen and oxygen atoms in total. The summed E-state index contributed by atoms with van der Waals surface area (Å²) in [6.45, 7) is 4.91. The number of morpholine rings is 1. The molecule has 2 aromatic carbocycles. The van der Waals surface area contributed by atoms with Crippen LogP contribution in [0.3, 0.4) is 0 Å². The van der Waals surface area contributed by atoms with Crippen LogP contribution in [-0.4, -0.2) is 63.1 Å². The van der Waals surface area contributed by atoms with E-state index >= 15 is 0 Å². The Bertz CT molecular complexity index is 699. The second kappa shape index (κ2) is 9.65. The molecule has 0 spiro atoms. The van der Waals surface area contributed by atoms with E-state index in [0.29, 0.717) is 18.8 Å². The summed E-state index contributed by atoms with van der Waals surface area (Å²) in [6, 6.07) is 19.1. The Kier molecular flexibility index (Phi) is 6.98. The molecule has 0 radical (unpaired) electrons. The molecule has 1 fully saturated rings. The second-order valence-electron chi connectivity index (χ2n) is 7.26. The van der Waals surface area contributed by atoms with Crippen molar-refractivity contribution in [1.82, 2.24) is 0 Å². The molecule has 0 amide bonds. The molecule has 0 aliphatic carbocycles. The molecule has 0 saturated carbocycles. The number of nitrogens with zero attached hydrogens (tertiary/aromatic N) is 1. The van der Waals surface area contributed by atoms with Gasteiger partial charge in [0.1, 0.15) is 19.6 Å². The summed E-state index contributed by atoms with van der Waals surface area (Å²) in [7, 11) is 2.18. The van der Waals surface area contributed by atoms with E-state index in [2.05, 4.69) is 7.05 Å². The van der Waals surface area contributed by atoms with E-state index in [1.807, 2.05) is 48.5 Å². The minimum absolute atomic E-state index is 0.301. The van der Waals surface area contributed by atoms with Gasteiger partial charge in [0.2, 0.25) is 0 Å². The van der Waals surface area contributed by atoms with Crippen LogP contribution in [0.4, 0.5) is 0 Å². The van der Waals surface area contributed by atoms with E-state index in [1.165, 1.54) is 0 Å². The van der Waals surface area contributed by atoms with Gasteiger partial charge in [0.05, 0.1) is 39.0 Å².